The number of amides is 2. The second-order valence-electron chi connectivity index (χ2n) is 6.77. The van der Waals surface area contributed by atoms with Crippen LogP contribution in [0.15, 0.2) is 0 Å². The van der Waals surface area contributed by atoms with E-state index in [1.807, 2.05) is 18.9 Å². The lowest BCUT2D eigenvalue weighted by Crippen LogP contribution is -2.46. The third kappa shape index (κ3) is 4.31. The van der Waals surface area contributed by atoms with Crippen molar-refractivity contribution in [3.8, 4) is 0 Å². The zero-order valence-electron chi connectivity index (χ0n) is 14.8. The molecule has 6 heteroatoms. The molecular formula is C17H27N3O2S. The summed E-state index contributed by atoms with van der Waals surface area (Å²) in [6.07, 6.45) is 2.61. The van der Waals surface area contributed by atoms with E-state index >= 15 is 0 Å². The summed E-state index contributed by atoms with van der Waals surface area (Å²) in [6, 6.07) is 0.246. The Balaban J connectivity index is 2.00. The fourth-order valence-corrected chi connectivity index (χ4v) is 4.19. The number of nitrogens with zero attached hydrogens (tertiary/aromatic N) is 3. The number of aryl methyl sites for hydroxylation is 1. The van der Waals surface area contributed by atoms with Crippen LogP contribution in [0, 0.1) is 12.8 Å². The van der Waals surface area contributed by atoms with Crippen molar-refractivity contribution in [1.29, 1.82) is 0 Å². The number of hydrogen-bond donors (Lipinski definition) is 0. The van der Waals surface area contributed by atoms with Crippen molar-refractivity contribution in [3.05, 3.63) is 15.6 Å². The molecule has 0 atom stereocenters. The predicted octanol–water partition coefficient (Wildman–Crippen LogP) is 2.73. The normalized spacial score (nSPS) is 16.0. The molecule has 0 radical (unpaired) electrons. The van der Waals surface area contributed by atoms with Gasteiger partial charge in [0.25, 0.3) is 5.91 Å². The lowest BCUT2D eigenvalue weighted by Gasteiger charge is -2.36. The number of likely N-dealkylation sites (tertiary alicyclic amines) is 1. The van der Waals surface area contributed by atoms with Crippen LogP contribution in [0.4, 0.5) is 0 Å². The van der Waals surface area contributed by atoms with Crippen LogP contribution in [0.25, 0.3) is 0 Å². The molecule has 128 valence electrons. The van der Waals surface area contributed by atoms with E-state index in [1.165, 1.54) is 11.3 Å². The zero-order chi connectivity index (χ0) is 17.1. The molecule has 5 nitrogen and oxygen atoms in total. The summed E-state index contributed by atoms with van der Waals surface area (Å²) in [5.41, 5.74) is 0.846. The van der Waals surface area contributed by atoms with Gasteiger partial charge in [0, 0.05) is 39.5 Å². The monoisotopic (exact) mass is 337 g/mol. The number of hydrogen-bond acceptors (Lipinski definition) is 4. The van der Waals surface area contributed by atoms with Crippen LogP contribution in [0.2, 0.25) is 0 Å². The van der Waals surface area contributed by atoms with Crippen molar-refractivity contribution in [3.63, 3.8) is 0 Å². The average molecular weight is 337 g/mol. The molecular weight excluding hydrogens is 310 g/mol. The summed E-state index contributed by atoms with van der Waals surface area (Å²) in [7, 11) is 1.84. The maximum Gasteiger partial charge on any atom is 0.265 e. The van der Waals surface area contributed by atoms with Crippen molar-refractivity contribution >= 4 is 23.2 Å². The Hall–Kier alpha value is -1.43. The minimum absolute atomic E-state index is 0.0893. The van der Waals surface area contributed by atoms with Gasteiger partial charge in [0.1, 0.15) is 4.88 Å². The van der Waals surface area contributed by atoms with Crippen LogP contribution in [0.1, 0.15) is 54.0 Å². The Kier molecular flexibility index (Phi) is 5.79. The van der Waals surface area contributed by atoms with Crippen LogP contribution < -0.4 is 0 Å². The maximum atomic E-state index is 12.7. The highest BCUT2D eigenvalue weighted by Gasteiger charge is 2.28. The van der Waals surface area contributed by atoms with E-state index in [0.717, 1.165) is 34.8 Å². The summed E-state index contributed by atoms with van der Waals surface area (Å²) >= 11 is 1.53. The maximum absolute atomic E-state index is 12.7. The Morgan fingerprint density at radius 3 is 2.48 bits per heavy atom. The molecule has 0 spiro atoms. The number of thiazole rings is 1. The molecule has 23 heavy (non-hydrogen) atoms. The smallest absolute Gasteiger partial charge is 0.265 e. The second kappa shape index (κ2) is 7.43. The summed E-state index contributed by atoms with van der Waals surface area (Å²) in [5.74, 6) is 0.728. The van der Waals surface area contributed by atoms with Gasteiger partial charge < -0.3 is 9.80 Å². The average Bonchev–Trinajstić information content (AvgIpc) is 2.85. The largest absolute Gasteiger partial charge is 0.343 e. The Morgan fingerprint density at radius 1 is 1.35 bits per heavy atom. The van der Waals surface area contributed by atoms with Gasteiger partial charge >= 0.3 is 0 Å². The van der Waals surface area contributed by atoms with Gasteiger partial charge in [0.15, 0.2) is 0 Å². The van der Waals surface area contributed by atoms with Crippen molar-refractivity contribution in [2.24, 2.45) is 5.92 Å². The van der Waals surface area contributed by atoms with Crippen LogP contribution in [0.3, 0.4) is 0 Å². The topological polar surface area (TPSA) is 53.5 Å². The highest BCUT2D eigenvalue weighted by molar-refractivity contribution is 7.13. The van der Waals surface area contributed by atoms with E-state index in [-0.39, 0.29) is 17.9 Å². The quantitative estimate of drug-likeness (QED) is 0.849. The van der Waals surface area contributed by atoms with Crippen molar-refractivity contribution in [1.82, 2.24) is 14.8 Å². The zero-order valence-corrected chi connectivity index (χ0v) is 15.6. The van der Waals surface area contributed by atoms with Gasteiger partial charge in [-0.05, 0) is 25.7 Å². The van der Waals surface area contributed by atoms with Gasteiger partial charge in [-0.3, -0.25) is 9.59 Å². The van der Waals surface area contributed by atoms with E-state index in [9.17, 15) is 9.59 Å². The molecule has 0 N–H and O–H groups in total. The van der Waals surface area contributed by atoms with Gasteiger partial charge in [-0.2, -0.15) is 0 Å². The van der Waals surface area contributed by atoms with E-state index < -0.39 is 0 Å². The summed E-state index contributed by atoms with van der Waals surface area (Å²) in [5, 5.41) is 1.05. The van der Waals surface area contributed by atoms with E-state index in [1.54, 1.807) is 11.8 Å². The van der Waals surface area contributed by atoms with Crippen LogP contribution in [-0.4, -0.2) is 52.8 Å². The fraction of sp³-hybridized carbons (Fsp3) is 0.706. The standard InChI is InChI=1S/C17H27N3O2S/c1-11(2)10-15-18-12(3)16(23-15)17(22)20-8-6-14(7-9-20)19(5)13(4)21/h11,14H,6-10H2,1-5H3. The molecule has 0 saturated carbocycles. The first-order valence-corrected chi connectivity index (χ1v) is 9.10. The highest BCUT2D eigenvalue weighted by atomic mass is 32.1. The third-order valence-corrected chi connectivity index (χ3v) is 5.58. The lowest BCUT2D eigenvalue weighted by molar-refractivity contribution is -0.130. The molecule has 1 saturated heterocycles. The third-order valence-electron chi connectivity index (χ3n) is 4.41. The Morgan fingerprint density at radius 2 is 1.96 bits per heavy atom. The molecule has 2 rings (SSSR count). The molecule has 1 fully saturated rings. The minimum atomic E-state index is 0.0893. The molecule has 1 aromatic heterocycles. The molecule has 0 aliphatic carbocycles. The molecule has 1 aliphatic heterocycles. The molecule has 0 unspecified atom stereocenters. The van der Waals surface area contributed by atoms with Crippen LogP contribution in [0.5, 0.6) is 0 Å². The Bertz CT molecular complexity index is 574. The summed E-state index contributed by atoms with van der Waals surface area (Å²) < 4.78 is 0. The first-order valence-electron chi connectivity index (χ1n) is 8.28. The lowest BCUT2D eigenvalue weighted by atomic mass is 10.0. The van der Waals surface area contributed by atoms with Gasteiger partial charge in [0.05, 0.1) is 10.7 Å². The van der Waals surface area contributed by atoms with Gasteiger partial charge in [-0.25, -0.2) is 4.98 Å². The predicted molar refractivity (Wildman–Crippen MR) is 92.8 cm³/mol. The Labute approximate surface area is 142 Å². The summed E-state index contributed by atoms with van der Waals surface area (Å²) in [4.78, 5) is 33.2. The molecule has 2 heterocycles. The van der Waals surface area contributed by atoms with Crippen LogP contribution >= 0.6 is 11.3 Å². The van der Waals surface area contributed by atoms with Gasteiger partial charge in [-0.1, -0.05) is 13.8 Å². The highest BCUT2D eigenvalue weighted by Crippen LogP contribution is 2.24. The fourth-order valence-electron chi connectivity index (χ4n) is 2.94. The number of rotatable bonds is 4. The van der Waals surface area contributed by atoms with E-state index in [4.69, 9.17) is 0 Å². The molecule has 0 aromatic carbocycles. The van der Waals surface area contributed by atoms with Crippen molar-refractivity contribution < 1.29 is 9.59 Å². The first-order chi connectivity index (χ1) is 10.8. The number of aromatic nitrogens is 1. The minimum Gasteiger partial charge on any atom is -0.343 e. The molecule has 2 amide bonds. The molecule has 0 bridgehead atoms. The molecule has 1 aliphatic rings. The van der Waals surface area contributed by atoms with Crippen LogP contribution in [-0.2, 0) is 11.2 Å². The summed E-state index contributed by atoms with van der Waals surface area (Å²) in [6.45, 7) is 9.25. The van der Waals surface area contributed by atoms with Gasteiger partial charge in [0.2, 0.25) is 5.91 Å². The van der Waals surface area contributed by atoms with Crippen molar-refractivity contribution in [2.75, 3.05) is 20.1 Å². The van der Waals surface area contributed by atoms with E-state index in [2.05, 4.69) is 18.8 Å². The SMILES string of the molecule is CC(=O)N(C)C1CCN(C(=O)c2sc(CC(C)C)nc2C)CC1. The van der Waals surface area contributed by atoms with E-state index in [0.29, 0.717) is 19.0 Å². The first kappa shape index (κ1) is 17.9. The second-order valence-corrected chi connectivity index (χ2v) is 7.86. The number of carbonyl (C=O) groups excluding carboxylic acids is 2. The molecule has 1 aromatic rings. The van der Waals surface area contributed by atoms with Crippen molar-refractivity contribution in [2.45, 2.75) is 53.0 Å². The van der Waals surface area contributed by atoms with Gasteiger partial charge in [-0.15, -0.1) is 11.3 Å². The number of piperidine rings is 1. The number of carbonyl (C=O) groups is 2.